The predicted octanol–water partition coefficient (Wildman–Crippen LogP) is 5.78. The molecule has 2 heterocycles. The van der Waals surface area contributed by atoms with Crippen LogP contribution in [0.2, 0.25) is 0 Å². The molecule has 0 unspecified atom stereocenters. The molecular formula is C27H32N8O2. The first-order valence-corrected chi connectivity index (χ1v) is 11.4. The summed E-state index contributed by atoms with van der Waals surface area (Å²) in [5, 5.41) is 16.0. The number of likely N-dealkylation sites (N-methyl/N-ethyl adjacent to an activating group) is 2. The highest BCUT2D eigenvalue weighted by atomic mass is 16.6. The normalized spacial score (nSPS) is 10.7. The maximum atomic E-state index is 11.9. The molecule has 10 heteroatoms. The number of para-hydroxylation sites is 1. The number of benzene rings is 2. The van der Waals surface area contributed by atoms with E-state index in [1.165, 1.54) is 6.07 Å². The highest BCUT2D eigenvalue weighted by Gasteiger charge is 2.22. The van der Waals surface area contributed by atoms with Crippen LogP contribution in [0.3, 0.4) is 0 Å². The van der Waals surface area contributed by atoms with E-state index in [9.17, 15) is 10.1 Å². The zero-order valence-electron chi connectivity index (χ0n) is 21.0. The van der Waals surface area contributed by atoms with Crippen LogP contribution in [0.15, 0.2) is 48.7 Å². The molecule has 10 nitrogen and oxygen atoms in total. The number of rotatable bonds is 8. The van der Waals surface area contributed by atoms with Gasteiger partial charge in [-0.05, 0) is 44.8 Å². The topological polar surface area (TPSA) is 96.7 Å². The van der Waals surface area contributed by atoms with Crippen LogP contribution in [-0.4, -0.2) is 58.6 Å². The fraction of sp³-hybridized carbons (Fsp3) is 0.296. The summed E-state index contributed by atoms with van der Waals surface area (Å²) in [6.45, 7) is 11.0. The molecule has 4 aromatic rings. The van der Waals surface area contributed by atoms with E-state index in [2.05, 4.69) is 20.1 Å². The zero-order valence-corrected chi connectivity index (χ0v) is 21.0. The van der Waals surface area contributed by atoms with E-state index in [1.54, 1.807) is 12.3 Å². The van der Waals surface area contributed by atoms with Crippen molar-refractivity contribution in [2.45, 2.75) is 14.4 Å². The SMILES string of the molecule is C.[C-]#[N+]c1c(-c2ccnc(Nc3cc([N+](=O)[O-])c(N(C)CCN(C)C)cc3C)n2)c2ccccc2n1C. The van der Waals surface area contributed by atoms with Gasteiger partial charge in [0.25, 0.3) is 5.69 Å². The van der Waals surface area contributed by atoms with E-state index in [1.807, 2.05) is 79.8 Å². The molecular weight excluding hydrogens is 468 g/mol. The maximum Gasteiger partial charge on any atom is 0.294 e. The van der Waals surface area contributed by atoms with Gasteiger partial charge in [0.1, 0.15) is 11.2 Å². The lowest BCUT2D eigenvalue weighted by Gasteiger charge is -2.22. The average Bonchev–Trinajstić information content (AvgIpc) is 3.15. The number of aryl methyl sites for hydroxylation is 2. The van der Waals surface area contributed by atoms with Crippen LogP contribution < -0.4 is 10.2 Å². The number of hydrogen-bond acceptors (Lipinski definition) is 7. The lowest BCUT2D eigenvalue weighted by Crippen LogP contribution is -2.29. The van der Waals surface area contributed by atoms with E-state index < -0.39 is 0 Å². The molecule has 0 aliphatic heterocycles. The molecule has 0 radical (unpaired) electrons. The molecule has 0 atom stereocenters. The Labute approximate surface area is 217 Å². The molecule has 2 aromatic carbocycles. The fourth-order valence-corrected chi connectivity index (χ4v) is 4.18. The molecule has 2 aromatic heterocycles. The molecule has 1 N–H and O–H groups in total. The molecule has 0 aliphatic rings. The second-order valence-corrected chi connectivity index (χ2v) is 8.91. The third kappa shape index (κ3) is 5.37. The summed E-state index contributed by atoms with van der Waals surface area (Å²) in [5.74, 6) is 0.778. The van der Waals surface area contributed by atoms with Crippen molar-refractivity contribution in [3.63, 3.8) is 0 Å². The zero-order chi connectivity index (χ0) is 26.0. The van der Waals surface area contributed by atoms with Crippen molar-refractivity contribution in [1.29, 1.82) is 0 Å². The monoisotopic (exact) mass is 500 g/mol. The van der Waals surface area contributed by atoms with E-state index >= 15 is 0 Å². The van der Waals surface area contributed by atoms with Crippen LogP contribution >= 0.6 is 0 Å². The Bertz CT molecular complexity index is 1490. The van der Waals surface area contributed by atoms with Gasteiger partial charge in [-0.25, -0.2) is 9.97 Å². The second-order valence-electron chi connectivity index (χ2n) is 8.91. The minimum Gasteiger partial charge on any atom is -0.368 e. The summed E-state index contributed by atoms with van der Waals surface area (Å²) < 4.78 is 1.85. The largest absolute Gasteiger partial charge is 0.368 e. The van der Waals surface area contributed by atoms with Gasteiger partial charge in [0, 0.05) is 43.4 Å². The minimum atomic E-state index is -0.373. The number of nitrogens with zero attached hydrogens (tertiary/aromatic N) is 7. The van der Waals surface area contributed by atoms with E-state index in [0.29, 0.717) is 35.4 Å². The van der Waals surface area contributed by atoms with Crippen molar-refractivity contribution in [3.05, 3.63) is 75.8 Å². The van der Waals surface area contributed by atoms with Crippen LogP contribution in [0.25, 0.3) is 27.0 Å². The fourth-order valence-electron chi connectivity index (χ4n) is 4.18. The average molecular weight is 501 g/mol. The smallest absolute Gasteiger partial charge is 0.294 e. The second kappa shape index (κ2) is 11.1. The van der Waals surface area contributed by atoms with Crippen molar-refractivity contribution in [3.8, 4) is 11.3 Å². The van der Waals surface area contributed by atoms with Gasteiger partial charge in [-0.15, -0.1) is 0 Å². The van der Waals surface area contributed by atoms with Crippen molar-refractivity contribution in [2.24, 2.45) is 7.05 Å². The number of anilines is 3. The first-order valence-electron chi connectivity index (χ1n) is 11.4. The van der Waals surface area contributed by atoms with Crippen molar-refractivity contribution in [1.82, 2.24) is 19.4 Å². The van der Waals surface area contributed by atoms with Gasteiger partial charge < -0.3 is 20.0 Å². The molecule has 0 saturated carbocycles. The highest BCUT2D eigenvalue weighted by Crippen LogP contribution is 2.39. The lowest BCUT2D eigenvalue weighted by molar-refractivity contribution is -0.384. The Morgan fingerprint density at radius 1 is 1.16 bits per heavy atom. The van der Waals surface area contributed by atoms with Crippen LogP contribution in [0, 0.1) is 23.6 Å². The van der Waals surface area contributed by atoms with Gasteiger partial charge in [0.2, 0.25) is 11.8 Å². The Morgan fingerprint density at radius 2 is 1.89 bits per heavy atom. The first-order chi connectivity index (χ1) is 17.2. The number of nitro groups is 1. The lowest BCUT2D eigenvalue weighted by atomic mass is 10.1. The minimum absolute atomic E-state index is 0. The standard InChI is InChI=1S/C26H28N8O2.CH4/c1-17-15-22(32(5)14-13-31(3)4)23(34(35)36)16-20(17)30-26-28-12-11-19(29-26)24-18-9-7-8-10-21(18)33(6)25(24)27-2;/h7-12,15-16H,13-14H2,1,3-6H3,(H,28,29,30);1H4. The number of nitro benzene ring substituents is 1. The molecule has 0 spiro atoms. The number of aromatic nitrogens is 3. The number of nitrogens with one attached hydrogen (secondary N) is 1. The molecule has 0 fully saturated rings. The third-order valence-electron chi connectivity index (χ3n) is 6.15. The Morgan fingerprint density at radius 3 is 2.57 bits per heavy atom. The van der Waals surface area contributed by atoms with Crippen molar-refractivity contribution >= 4 is 39.7 Å². The van der Waals surface area contributed by atoms with Gasteiger partial charge in [-0.1, -0.05) is 32.2 Å². The predicted molar refractivity (Wildman–Crippen MR) is 150 cm³/mol. The Balaban J connectivity index is 0.00000380. The number of hydrogen-bond donors (Lipinski definition) is 1. The van der Waals surface area contributed by atoms with Crippen molar-refractivity contribution in [2.75, 3.05) is 44.4 Å². The summed E-state index contributed by atoms with van der Waals surface area (Å²) in [7, 11) is 7.64. The molecule has 0 bridgehead atoms. The summed E-state index contributed by atoms with van der Waals surface area (Å²) in [5.41, 5.74) is 4.20. The van der Waals surface area contributed by atoms with Crippen LogP contribution in [-0.2, 0) is 7.05 Å². The summed E-state index contributed by atoms with van der Waals surface area (Å²) in [6, 6.07) is 12.9. The Kier molecular flexibility index (Phi) is 8.10. The van der Waals surface area contributed by atoms with Gasteiger partial charge >= 0.3 is 0 Å². The number of fused-ring (bicyclic) bond motifs is 1. The van der Waals surface area contributed by atoms with E-state index in [4.69, 9.17) is 6.57 Å². The molecule has 37 heavy (non-hydrogen) atoms. The van der Waals surface area contributed by atoms with Gasteiger partial charge in [0.15, 0.2) is 0 Å². The van der Waals surface area contributed by atoms with Crippen molar-refractivity contribution < 1.29 is 4.92 Å². The van der Waals surface area contributed by atoms with Crippen LogP contribution in [0.4, 0.5) is 28.8 Å². The summed E-state index contributed by atoms with van der Waals surface area (Å²) in [4.78, 5) is 28.2. The quantitative estimate of drug-likeness (QED) is 0.186. The third-order valence-corrected chi connectivity index (χ3v) is 6.15. The first kappa shape index (κ1) is 27.1. The molecule has 4 rings (SSSR count). The van der Waals surface area contributed by atoms with Gasteiger partial charge in [0.05, 0.1) is 23.4 Å². The molecule has 0 aliphatic carbocycles. The van der Waals surface area contributed by atoms with Crippen LogP contribution in [0.1, 0.15) is 13.0 Å². The summed E-state index contributed by atoms with van der Waals surface area (Å²) >= 11 is 0. The highest BCUT2D eigenvalue weighted by molar-refractivity contribution is 6.02. The van der Waals surface area contributed by atoms with E-state index in [0.717, 1.165) is 28.6 Å². The Hall–Kier alpha value is -4.49. The molecule has 0 saturated heterocycles. The van der Waals surface area contributed by atoms with Crippen LogP contribution in [0.5, 0.6) is 0 Å². The van der Waals surface area contributed by atoms with E-state index in [-0.39, 0.29) is 18.0 Å². The van der Waals surface area contributed by atoms with Gasteiger partial charge in [-0.3, -0.25) is 14.7 Å². The maximum absolute atomic E-state index is 11.9. The molecule has 0 amide bonds. The summed E-state index contributed by atoms with van der Waals surface area (Å²) in [6.07, 6.45) is 1.62. The molecule has 192 valence electrons. The van der Waals surface area contributed by atoms with Gasteiger partial charge in [-0.2, -0.15) is 0 Å².